The van der Waals surface area contributed by atoms with Crippen molar-refractivity contribution in [3.63, 3.8) is 0 Å². The molecule has 0 N–H and O–H groups in total. The minimum Gasteiger partial charge on any atom is -0.381 e. The van der Waals surface area contributed by atoms with E-state index in [-0.39, 0.29) is 5.92 Å². The zero-order valence-corrected chi connectivity index (χ0v) is 12.1. The van der Waals surface area contributed by atoms with E-state index < -0.39 is 0 Å². The Hall–Kier alpha value is -1.36. The van der Waals surface area contributed by atoms with Crippen LogP contribution < -0.4 is 0 Å². The van der Waals surface area contributed by atoms with Crippen molar-refractivity contribution in [3.05, 3.63) is 18.0 Å². The summed E-state index contributed by atoms with van der Waals surface area (Å²) in [5, 5.41) is 4.25. The van der Waals surface area contributed by atoms with E-state index in [9.17, 15) is 4.79 Å². The predicted molar refractivity (Wildman–Crippen MR) is 75.3 cm³/mol. The average Bonchev–Trinajstić information content (AvgIpc) is 2.94. The number of amides is 1. The average molecular weight is 277 g/mol. The fourth-order valence-electron chi connectivity index (χ4n) is 3.30. The largest absolute Gasteiger partial charge is 0.381 e. The molecule has 2 saturated heterocycles. The minimum atomic E-state index is 0.177. The monoisotopic (exact) mass is 277 g/mol. The first-order valence-electron chi connectivity index (χ1n) is 7.59. The van der Waals surface area contributed by atoms with Crippen molar-refractivity contribution in [1.82, 2.24) is 14.7 Å². The second kappa shape index (κ2) is 5.95. The number of ether oxygens (including phenoxy) is 1. The van der Waals surface area contributed by atoms with Crippen LogP contribution in [0.15, 0.2) is 12.4 Å². The van der Waals surface area contributed by atoms with Gasteiger partial charge in [0.05, 0.1) is 6.20 Å². The van der Waals surface area contributed by atoms with Gasteiger partial charge in [-0.25, -0.2) is 0 Å². The number of likely N-dealkylation sites (tertiary alicyclic amines) is 1. The van der Waals surface area contributed by atoms with E-state index in [2.05, 4.69) is 16.2 Å². The highest BCUT2D eigenvalue weighted by atomic mass is 16.5. The Morgan fingerprint density at radius 1 is 1.35 bits per heavy atom. The first kappa shape index (κ1) is 13.6. The van der Waals surface area contributed by atoms with Gasteiger partial charge in [-0.15, -0.1) is 0 Å². The van der Waals surface area contributed by atoms with Crippen LogP contribution in [-0.2, 0) is 16.6 Å². The van der Waals surface area contributed by atoms with Crippen LogP contribution in [0.4, 0.5) is 0 Å². The Morgan fingerprint density at radius 2 is 2.15 bits per heavy atom. The topological polar surface area (TPSA) is 47.4 Å². The zero-order chi connectivity index (χ0) is 13.9. The van der Waals surface area contributed by atoms with Gasteiger partial charge in [-0.05, 0) is 31.2 Å². The molecule has 1 aromatic rings. The summed E-state index contributed by atoms with van der Waals surface area (Å²) in [6.07, 6.45) is 8.03. The number of hydrogen-bond donors (Lipinski definition) is 0. The molecular formula is C15H23N3O2. The van der Waals surface area contributed by atoms with Crippen LogP contribution in [0.5, 0.6) is 0 Å². The third-order valence-electron chi connectivity index (χ3n) is 4.50. The molecule has 5 nitrogen and oxygen atoms in total. The van der Waals surface area contributed by atoms with E-state index in [4.69, 9.17) is 4.74 Å². The van der Waals surface area contributed by atoms with Crippen LogP contribution in [0.25, 0.3) is 0 Å². The molecule has 0 saturated carbocycles. The summed E-state index contributed by atoms with van der Waals surface area (Å²) in [6.45, 7) is 3.22. The molecule has 1 aromatic heterocycles. The van der Waals surface area contributed by atoms with E-state index in [1.165, 1.54) is 5.56 Å². The van der Waals surface area contributed by atoms with Crippen LogP contribution in [0.2, 0.25) is 0 Å². The molecule has 3 rings (SSSR count). The zero-order valence-electron chi connectivity index (χ0n) is 12.1. The van der Waals surface area contributed by atoms with Crippen LogP contribution in [0.1, 0.15) is 37.2 Å². The Morgan fingerprint density at radius 3 is 2.85 bits per heavy atom. The Labute approximate surface area is 119 Å². The summed E-state index contributed by atoms with van der Waals surface area (Å²) in [6, 6.07) is 0. The van der Waals surface area contributed by atoms with Gasteiger partial charge < -0.3 is 9.64 Å². The van der Waals surface area contributed by atoms with Crippen LogP contribution in [0, 0.1) is 5.92 Å². The number of aryl methyl sites for hydroxylation is 1. The second-order valence-corrected chi connectivity index (χ2v) is 5.96. The van der Waals surface area contributed by atoms with Gasteiger partial charge in [-0.1, -0.05) is 0 Å². The number of nitrogens with zero attached hydrogens (tertiary/aromatic N) is 3. The van der Waals surface area contributed by atoms with Gasteiger partial charge in [0.1, 0.15) is 0 Å². The third kappa shape index (κ3) is 2.87. The number of carbonyl (C=O) groups is 1. The van der Waals surface area contributed by atoms with Crippen LogP contribution >= 0.6 is 0 Å². The lowest BCUT2D eigenvalue weighted by molar-refractivity contribution is -0.139. The molecule has 1 atom stereocenters. The smallest absolute Gasteiger partial charge is 0.225 e. The summed E-state index contributed by atoms with van der Waals surface area (Å²) in [5.74, 6) is 0.958. The number of rotatable bonds is 2. The predicted octanol–water partition coefficient (Wildman–Crippen LogP) is 1.55. The van der Waals surface area contributed by atoms with Crippen molar-refractivity contribution in [2.75, 3.05) is 26.3 Å². The molecule has 0 bridgehead atoms. The summed E-state index contributed by atoms with van der Waals surface area (Å²) in [4.78, 5) is 14.7. The molecular weight excluding hydrogens is 254 g/mol. The van der Waals surface area contributed by atoms with E-state index in [1.807, 2.05) is 17.9 Å². The standard InChI is InChI=1S/C15H23N3O2/c1-17-10-14(9-16-17)13-3-2-6-18(11-13)15(19)12-4-7-20-8-5-12/h9-10,12-13H,2-8,11H2,1H3. The van der Waals surface area contributed by atoms with Crippen LogP contribution in [-0.4, -0.2) is 46.9 Å². The summed E-state index contributed by atoms with van der Waals surface area (Å²) < 4.78 is 7.19. The van der Waals surface area contributed by atoms with Crippen LogP contribution in [0.3, 0.4) is 0 Å². The fourth-order valence-corrected chi connectivity index (χ4v) is 3.30. The Kier molecular flexibility index (Phi) is 4.05. The molecule has 2 aliphatic rings. The summed E-state index contributed by atoms with van der Waals surface area (Å²) in [5.41, 5.74) is 1.26. The molecule has 1 unspecified atom stereocenters. The lowest BCUT2D eigenvalue weighted by atomic mass is 9.91. The summed E-state index contributed by atoms with van der Waals surface area (Å²) in [7, 11) is 1.94. The van der Waals surface area contributed by atoms with Gasteiger partial charge in [-0.3, -0.25) is 9.48 Å². The first-order chi connectivity index (χ1) is 9.74. The molecule has 0 aromatic carbocycles. The van der Waals surface area contributed by atoms with Gasteiger partial charge >= 0.3 is 0 Å². The van der Waals surface area contributed by atoms with Crippen molar-refractivity contribution in [2.45, 2.75) is 31.6 Å². The van der Waals surface area contributed by atoms with E-state index in [0.29, 0.717) is 11.8 Å². The van der Waals surface area contributed by atoms with Crippen molar-refractivity contribution in [3.8, 4) is 0 Å². The van der Waals surface area contributed by atoms with Gasteiger partial charge in [0.2, 0.25) is 5.91 Å². The maximum Gasteiger partial charge on any atom is 0.225 e. The van der Waals surface area contributed by atoms with E-state index in [0.717, 1.165) is 52.0 Å². The summed E-state index contributed by atoms with van der Waals surface area (Å²) >= 11 is 0. The normalized spacial score (nSPS) is 24.9. The highest BCUT2D eigenvalue weighted by Crippen LogP contribution is 2.28. The van der Waals surface area contributed by atoms with Gasteiger partial charge in [0, 0.05) is 51.4 Å². The quantitative estimate of drug-likeness (QED) is 0.824. The maximum absolute atomic E-state index is 12.6. The van der Waals surface area contributed by atoms with Crippen molar-refractivity contribution >= 4 is 5.91 Å². The lowest BCUT2D eigenvalue weighted by Crippen LogP contribution is -2.43. The van der Waals surface area contributed by atoms with Crippen molar-refractivity contribution in [1.29, 1.82) is 0 Å². The second-order valence-electron chi connectivity index (χ2n) is 5.96. The number of piperidine rings is 1. The number of carbonyl (C=O) groups excluding carboxylic acids is 1. The fraction of sp³-hybridized carbons (Fsp3) is 0.733. The van der Waals surface area contributed by atoms with E-state index >= 15 is 0 Å². The molecule has 20 heavy (non-hydrogen) atoms. The van der Waals surface area contributed by atoms with Gasteiger partial charge in [0.15, 0.2) is 0 Å². The highest BCUT2D eigenvalue weighted by molar-refractivity contribution is 5.79. The van der Waals surface area contributed by atoms with Gasteiger partial charge in [0.25, 0.3) is 0 Å². The maximum atomic E-state index is 12.6. The van der Waals surface area contributed by atoms with Gasteiger partial charge in [-0.2, -0.15) is 5.10 Å². The first-order valence-corrected chi connectivity index (χ1v) is 7.59. The molecule has 2 fully saturated rings. The molecule has 0 spiro atoms. The molecule has 0 aliphatic carbocycles. The SMILES string of the molecule is Cn1cc(C2CCCN(C(=O)C3CCOCC3)C2)cn1. The minimum absolute atomic E-state index is 0.177. The number of aromatic nitrogens is 2. The van der Waals surface area contributed by atoms with E-state index in [1.54, 1.807) is 0 Å². The number of hydrogen-bond acceptors (Lipinski definition) is 3. The third-order valence-corrected chi connectivity index (χ3v) is 4.50. The molecule has 1 amide bonds. The molecule has 0 radical (unpaired) electrons. The molecule has 3 heterocycles. The Balaban J connectivity index is 1.63. The highest BCUT2D eigenvalue weighted by Gasteiger charge is 2.30. The van der Waals surface area contributed by atoms with Crippen molar-refractivity contribution < 1.29 is 9.53 Å². The lowest BCUT2D eigenvalue weighted by Gasteiger charge is -2.35. The molecule has 2 aliphatic heterocycles. The molecule has 110 valence electrons. The molecule has 5 heteroatoms. The Bertz CT molecular complexity index is 465. The van der Waals surface area contributed by atoms with Crippen molar-refractivity contribution in [2.24, 2.45) is 13.0 Å².